The van der Waals surface area contributed by atoms with Crippen molar-refractivity contribution in [2.45, 2.75) is 12.8 Å². The van der Waals surface area contributed by atoms with Gasteiger partial charge in [-0.2, -0.15) is 5.10 Å². The fourth-order valence-electron chi connectivity index (χ4n) is 1.77. The average Bonchev–Trinajstić information content (AvgIpc) is 2.57. The molecule has 0 spiro atoms. The Hall–Kier alpha value is -1.99. The SMILES string of the molecule is O=C(CCC(=O)Nc1ccc(Br)cc1)NN=Cc1ccc(Br)cc1. The van der Waals surface area contributed by atoms with Crippen molar-refractivity contribution in [2.24, 2.45) is 5.10 Å². The van der Waals surface area contributed by atoms with Crippen LogP contribution >= 0.6 is 31.9 Å². The zero-order valence-corrected chi connectivity index (χ0v) is 15.8. The van der Waals surface area contributed by atoms with Gasteiger partial charge in [-0.05, 0) is 42.0 Å². The maximum Gasteiger partial charge on any atom is 0.240 e. The summed E-state index contributed by atoms with van der Waals surface area (Å²) < 4.78 is 1.91. The second-order valence-electron chi connectivity index (χ2n) is 4.90. The minimum Gasteiger partial charge on any atom is -0.326 e. The van der Waals surface area contributed by atoms with Crippen molar-refractivity contribution >= 4 is 55.6 Å². The molecule has 24 heavy (non-hydrogen) atoms. The molecule has 0 aliphatic carbocycles. The van der Waals surface area contributed by atoms with E-state index in [4.69, 9.17) is 0 Å². The van der Waals surface area contributed by atoms with E-state index in [1.165, 1.54) is 0 Å². The Balaban J connectivity index is 1.71. The molecule has 0 atom stereocenters. The highest BCUT2D eigenvalue weighted by Gasteiger charge is 2.06. The molecule has 0 aliphatic heterocycles. The van der Waals surface area contributed by atoms with Gasteiger partial charge >= 0.3 is 0 Å². The van der Waals surface area contributed by atoms with Gasteiger partial charge in [-0.1, -0.05) is 44.0 Å². The van der Waals surface area contributed by atoms with Gasteiger partial charge in [0.1, 0.15) is 0 Å². The molecule has 0 bridgehead atoms. The molecule has 0 saturated carbocycles. The van der Waals surface area contributed by atoms with Crippen LogP contribution in [0.2, 0.25) is 0 Å². The Morgan fingerprint density at radius 2 is 1.42 bits per heavy atom. The Morgan fingerprint density at radius 3 is 2.04 bits per heavy atom. The van der Waals surface area contributed by atoms with E-state index < -0.39 is 0 Å². The maximum atomic E-state index is 11.8. The summed E-state index contributed by atoms with van der Waals surface area (Å²) in [6.07, 6.45) is 1.71. The van der Waals surface area contributed by atoms with E-state index >= 15 is 0 Å². The Kier molecular flexibility index (Phi) is 7.14. The van der Waals surface area contributed by atoms with Crippen molar-refractivity contribution in [3.63, 3.8) is 0 Å². The minimum atomic E-state index is -0.311. The number of carbonyl (C=O) groups excluding carboxylic acids is 2. The number of halogens is 2. The summed E-state index contributed by atoms with van der Waals surface area (Å²) >= 11 is 6.67. The molecule has 2 amide bonds. The second kappa shape index (κ2) is 9.34. The Morgan fingerprint density at radius 1 is 0.875 bits per heavy atom. The van der Waals surface area contributed by atoms with E-state index in [-0.39, 0.29) is 24.7 Å². The van der Waals surface area contributed by atoms with Gasteiger partial charge in [0.25, 0.3) is 0 Å². The van der Waals surface area contributed by atoms with Crippen LogP contribution in [-0.2, 0) is 9.59 Å². The van der Waals surface area contributed by atoms with Crippen LogP contribution in [0.15, 0.2) is 62.6 Å². The Labute approximate surface area is 156 Å². The summed E-state index contributed by atoms with van der Waals surface area (Å²) in [5.41, 5.74) is 3.96. The van der Waals surface area contributed by atoms with Crippen LogP contribution in [0, 0.1) is 0 Å². The van der Waals surface area contributed by atoms with Crippen LogP contribution in [0.3, 0.4) is 0 Å². The van der Waals surface area contributed by atoms with E-state index in [9.17, 15) is 9.59 Å². The van der Waals surface area contributed by atoms with Gasteiger partial charge in [-0.25, -0.2) is 5.43 Å². The molecule has 0 radical (unpaired) electrons. The number of rotatable bonds is 6. The van der Waals surface area contributed by atoms with Crippen LogP contribution in [-0.4, -0.2) is 18.0 Å². The smallest absolute Gasteiger partial charge is 0.240 e. The number of benzene rings is 2. The molecular weight excluding hydrogens is 438 g/mol. The molecule has 2 rings (SSSR count). The lowest BCUT2D eigenvalue weighted by Crippen LogP contribution is -2.20. The highest BCUT2D eigenvalue weighted by Crippen LogP contribution is 2.14. The van der Waals surface area contributed by atoms with Crippen molar-refractivity contribution < 1.29 is 9.59 Å². The molecule has 2 aromatic carbocycles. The second-order valence-corrected chi connectivity index (χ2v) is 6.73. The predicted molar refractivity (Wildman–Crippen MR) is 102 cm³/mol. The highest BCUT2D eigenvalue weighted by molar-refractivity contribution is 9.10. The van der Waals surface area contributed by atoms with E-state index in [1.54, 1.807) is 18.3 Å². The zero-order chi connectivity index (χ0) is 17.4. The fourth-order valence-corrected chi connectivity index (χ4v) is 2.30. The minimum absolute atomic E-state index is 0.0695. The van der Waals surface area contributed by atoms with Crippen LogP contribution in [0.4, 0.5) is 5.69 Å². The van der Waals surface area contributed by atoms with E-state index in [0.29, 0.717) is 5.69 Å². The summed E-state index contributed by atoms with van der Waals surface area (Å²) in [5.74, 6) is -0.529. The lowest BCUT2D eigenvalue weighted by atomic mass is 10.2. The highest BCUT2D eigenvalue weighted by atomic mass is 79.9. The molecule has 2 aromatic rings. The summed E-state index contributed by atoms with van der Waals surface area (Å²) in [5, 5.41) is 6.60. The summed E-state index contributed by atoms with van der Waals surface area (Å²) in [4.78, 5) is 23.5. The van der Waals surface area contributed by atoms with Crippen molar-refractivity contribution in [1.29, 1.82) is 0 Å². The van der Waals surface area contributed by atoms with Crippen molar-refractivity contribution in [2.75, 3.05) is 5.32 Å². The van der Waals surface area contributed by atoms with E-state index in [1.807, 2.05) is 36.4 Å². The van der Waals surface area contributed by atoms with Gasteiger partial charge < -0.3 is 5.32 Å². The number of nitrogens with one attached hydrogen (secondary N) is 2. The molecule has 7 heteroatoms. The Bertz CT molecular complexity index is 729. The lowest BCUT2D eigenvalue weighted by Gasteiger charge is -2.04. The van der Waals surface area contributed by atoms with Gasteiger partial charge in [0.15, 0.2) is 0 Å². The van der Waals surface area contributed by atoms with E-state index in [0.717, 1.165) is 14.5 Å². The van der Waals surface area contributed by atoms with Gasteiger partial charge in [0.2, 0.25) is 11.8 Å². The molecule has 0 aromatic heterocycles. The van der Waals surface area contributed by atoms with Gasteiger partial charge in [0, 0.05) is 27.5 Å². The summed E-state index contributed by atoms with van der Waals surface area (Å²) in [6, 6.07) is 14.7. The molecule has 0 heterocycles. The quantitative estimate of drug-likeness (QED) is 0.512. The largest absolute Gasteiger partial charge is 0.326 e. The zero-order valence-electron chi connectivity index (χ0n) is 12.6. The number of hydrogen-bond acceptors (Lipinski definition) is 3. The van der Waals surface area contributed by atoms with Gasteiger partial charge in [-0.3, -0.25) is 9.59 Å². The lowest BCUT2D eigenvalue weighted by molar-refractivity contribution is -0.124. The van der Waals surface area contributed by atoms with Crippen LogP contribution < -0.4 is 10.7 Å². The number of amides is 2. The molecule has 0 unspecified atom stereocenters. The van der Waals surface area contributed by atoms with Crippen LogP contribution in [0.25, 0.3) is 0 Å². The number of hydrazone groups is 1. The van der Waals surface area contributed by atoms with Crippen molar-refractivity contribution in [3.05, 3.63) is 63.0 Å². The first-order chi connectivity index (χ1) is 11.5. The first-order valence-electron chi connectivity index (χ1n) is 7.16. The first-order valence-corrected chi connectivity index (χ1v) is 8.74. The van der Waals surface area contributed by atoms with Gasteiger partial charge in [-0.15, -0.1) is 0 Å². The molecule has 5 nitrogen and oxygen atoms in total. The third-order valence-electron chi connectivity index (χ3n) is 2.98. The topological polar surface area (TPSA) is 70.6 Å². The normalized spacial score (nSPS) is 10.6. The molecular formula is C17H15Br2N3O2. The average molecular weight is 453 g/mol. The van der Waals surface area contributed by atoms with Crippen LogP contribution in [0.1, 0.15) is 18.4 Å². The predicted octanol–water partition coefficient (Wildman–Crippen LogP) is 4.08. The molecule has 124 valence electrons. The number of nitrogens with zero attached hydrogens (tertiary/aromatic N) is 1. The number of anilines is 1. The van der Waals surface area contributed by atoms with Gasteiger partial charge in [0.05, 0.1) is 6.21 Å². The molecule has 0 aliphatic rings. The van der Waals surface area contributed by atoms with Crippen molar-refractivity contribution in [3.8, 4) is 0 Å². The van der Waals surface area contributed by atoms with Crippen molar-refractivity contribution in [1.82, 2.24) is 5.43 Å². The molecule has 0 saturated heterocycles. The number of hydrogen-bond donors (Lipinski definition) is 2. The third kappa shape index (κ3) is 6.64. The molecule has 0 fully saturated rings. The van der Waals surface area contributed by atoms with Crippen LogP contribution in [0.5, 0.6) is 0 Å². The van der Waals surface area contributed by atoms with E-state index in [2.05, 4.69) is 47.7 Å². The maximum absolute atomic E-state index is 11.8. The molecule has 2 N–H and O–H groups in total. The third-order valence-corrected chi connectivity index (χ3v) is 4.04. The number of carbonyl (C=O) groups is 2. The first kappa shape index (κ1) is 18.4. The standard InChI is InChI=1S/C17H15Br2N3O2/c18-13-3-1-12(2-4-13)11-20-22-17(24)10-9-16(23)21-15-7-5-14(19)6-8-15/h1-8,11H,9-10H2,(H,21,23)(H,22,24). The summed E-state index contributed by atoms with van der Waals surface area (Å²) in [7, 11) is 0. The monoisotopic (exact) mass is 451 g/mol. The fraction of sp³-hybridized carbons (Fsp3) is 0.118. The summed E-state index contributed by atoms with van der Waals surface area (Å²) in [6.45, 7) is 0.